The maximum atomic E-state index is 11.5. The van der Waals surface area contributed by atoms with Crippen molar-refractivity contribution in [3.8, 4) is 0 Å². The molecule has 0 saturated heterocycles. The highest BCUT2D eigenvalue weighted by Gasteiger charge is 2.14. The number of carbonyl (C=O) groups is 1. The van der Waals surface area contributed by atoms with Crippen LogP contribution in [0.4, 0.5) is 0 Å². The van der Waals surface area contributed by atoms with Crippen molar-refractivity contribution in [2.24, 2.45) is 5.84 Å². The molecule has 0 atom stereocenters. The molecule has 0 aliphatic rings. The quantitative estimate of drug-likeness (QED) is 0.357. The number of nitrogens with two attached hydrogens (primary N) is 1. The third kappa shape index (κ3) is 1.55. The SMILES string of the molecule is C=CCn1c(C(=O)NN)cc2sccc21. The minimum Gasteiger partial charge on any atom is -0.332 e. The van der Waals surface area contributed by atoms with Gasteiger partial charge >= 0.3 is 0 Å². The summed E-state index contributed by atoms with van der Waals surface area (Å²) in [5.74, 6) is 4.85. The van der Waals surface area contributed by atoms with Crippen molar-refractivity contribution in [3.05, 3.63) is 35.9 Å². The van der Waals surface area contributed by atoms with Crippen molar-refractivity contribution in [2.45, 2.75) is 6.54 Å². The summed E-state index contributed by atoms with van der Waals surface area (Å²) in [5.41, 5.74) is 3.75. The molecule has 5 heteroatoms. The Bertz CT molecular complexity index is 512. The second kappa shape index (κ2) is 3.88. The number of amides is 1. The monoisotopic (exact) mass is 221 g/mol. The third-order valence-corrected chi connectivity index (χ3v) is 3.05. The molecular weight excluding hydrogens is 210 g/mol. The molecule has 78 valence electrons. The zero-order valence-electron chi connectivity index (χ0n) is 8.06. The average Bonchev–Trinajstić information content (AvgIpc) is 2.80. The Morgan fingerprint density at radius 3 is 3.20 bits per heavy atom. The number of thiophene rings is 1. The van der Waals surface area contributed by atoms with E-state index in [4.69, 9.17) is 5.84 Å². The van der Waals surface area contributed by atoms with Crippen molar-refractivity contribution in [1.29, 1.82) is 0 Å². The first-order valence-corrected chi connectivity index (χ1v) is 5.34. The number of nitrogens with one attached hydrogen (secondary N) is 1. The topological polar surface area (TPSA) is 60.0 Å². The number of hydrogen-bond acceptors (Lipinski definition) is 3. The Kier molecular flexibility index (Phi) is 2.57. The molecule has 2 heterocycles. The summed E-state index contributed by atoms with van der Waals surface area (Å²) in [4.78, 5) is 11.5. The fourth-order valence-corrected chi connectivity index (χ4v) is 2.39. The van der Waals surface area contributed by atoms with Crippen LogP contribution in [-0.4, -0.2) is 10.5 Å². The van der Waals surface area contributed by atoms with Crippen molar-refractivity contribution in [3.63, 3.8) is 0 Å². The zero-order chi connectivity index (χ0) is 10.8. The zero-order valence-corrected chi connectivity index (χ0v) is 8.88. The third-order valence-electron chi connectivity index (χ3n) is 2.20. The molecule has 0 aliphatic heterocycles. The number of rotatable bonds is 3. The molecule has 3 N–H and O–H groups in total. The number of nitrogen functional groups attached to an aromatic ring is 1. The second-order valence-electron chi connectivity index (χ2n) is 3.07. The predicted octanol–water partition coefficient (Wildman–Crippen LogP) is 1.49. The molecule has 15 heavy (non-hydrogen) atoms. The Morgan fingerprint density at radius 1 is 1.73 bits per heavy atom. The molecule has 0 fully saturated rings. The van der Waals surface area contributed by atoms with Gasteiger partial charge < -0.3 is 4.57 Å². The van der Waals surface area contributed by atoms with Gasteiger partial charge in [0.1, 0.15) is 5.69 Å². The van der Waals surface area contributed by atoms with Crippen molar-refractivity contribution >= 4 is 27.5 Å². The summed E-state index contributed by atoms with van der Waals surface area (Å²) < 4.78 is 2.97. The Hall–Kier alpha value is -1.59. The summed E-state index contributed by atoms with van der Waals surface area (Å²) >= 11 is 1.60. The van der Waals surface area contributed by atoms with Crippen LogP contribution in [0.2, 0.25) is 0 Å². The van der Waals surface area contributed by atoms with Gasteiger partial charge in [0.2, 0.25) is 0 Å². The number of allylic oxidation sites excluding steroid dienone is 1. The lowest BCUT2D eigenvalue weighted by Crippen LogP contribution is -2.31. The first kappa shape index (κ1) is 9.95. The summed E-state index contributed by atoms with van der Waals surface area (Å²) in [5, 5.41) is 1.99. The van der Waals surface area contributed by atoms with E-state index in [2.05, 4.69) is 12.0 Å². The van der Waals surface area contributed by atoms with Gasteiger partial charge in [-0.1, -0.05) is 6.08 Å². The predicted molar refractivity (Wildman–Crippen MR) is 61.7 cm³/mol. The molecule has 4 nitrogen and oxygen atoms in total. The van der Waals surface area contributed by atoms with E-state index in [1.165, 1.54) is 0 Å². The summed E-state index contributed by atoms with van der Waals surface area (Å²) in [6, 6.07) is 3.82. The van der Waals surface area contributed by atoms with Crippen LogP contribution < -0.4 is 11.3 Å². The fourth-order valence-electron chi connectivity index (χ4n) is 1.56. The second-order valence-corrected chi connectivity index (χ2v) is 4.02. The van der Waals surface area contributed by atoms with E-state index in [1.807, 2.05) is 22.1 Å². The van der Waals surface area contributed by atoms with Crippen molar-refractivity contribution < 1.29 is 4.79 Å². The smallest absolute Gasteiger partial charge is 0.281 e. The summed E-state index contributed by atoms with van der Waals surface area (Å²) in [7, 11) is 0. The molecule has 2 rings (SSSR count). The van der Waals surface area contributed by atoms with E-state index in [0.29, 0.717) is 12.2 Å². The van der Waals surface area contributed by atoms with Crippen LogP contribution in [0.5, 0.6) is 0 Å². The number of nitrogens with zero attached hydrogens (tertiary/aromatic N) is 1. The lowest BCUT2D eigenvalue weighted by molar-refractivity contribution is 0.0945. The first-order valence-electron chi connectivity index (χ1n) is 4.46. The largest absolute Gasteiger partial charge is 0.332 e. The minimum absolute atomic E-state index is 0.278. The fraction of sp³-hybridized carbons (Fsp3) is 0.100. The van der Waals surface area contributed by atoms with Gasteiger partial charge in [-0.3, -0.25) is 10.2 Å². The van der Waals surface area contributed by atoms with E-state index >= 15 is 0 Å². The Labute approximate surface area is 91.0 Å². The van der Waals surface area contributed by atoms with Gasteiger partial charge in [0, 0.05) is 6.54 Å². The number of hydrogen-bond donors (Lipinski definition) is 2. The van der Waals surface area contributed by atoms with Crippen LogP contribution in [0.25, 0.3) is 10.2 Å². The molecule has 1 amide bonds. The van der Waals surface area contributed by atoms with Crippen LogP contribution >= 0.6 is 11.3 Å². The van der Waals surface area contributed by atoms with E-state index in [9.17, 15) is 4.79 Å². The number of hydrazine groups is 1. The molecule has 2 aromatic rings. The molecule has 0 unspecified atom stereocenters. The Morgan fingerprint density at radius 2 is 2.53 bits per heavy atom. The van der Waals surface area contributed by atoms with Gasteiger partial charge in [-0.25, -0.2) is 5.84 Å². The Balaban J connectivity index is 2.61. The first-order chi connectivity index (χ1) is 7.27. The van der Waals surface area contributed by atoms with Crippen LogP contribution in [0.15, 0.2) is 30.2 Å². The lowest BCUT2D eigenvalue weighted by atomic mass is 10.4. The molecule has 0 saturated carbocycles. The molecule has 0 bridgehead atoms. The molecule has 2 aromatic heterocycles. The number of fused-ring (bicyclic) bond motifs is 1. The standard InChI is InChI=1S/C10H11N3OS/c1-2-4-13-7-3-5-15-9(7)6-8(13)10(14)12-11/h2-3,5-6H,1,4,11H2,(H,12,14). The number of aromatic nitrogens is 1. The highest BCUT2D eigenvalue weighted by molar-refractivity contribution is 7.17. The maximum Gasteiger partial charge on any atom is 0.281 e. The highest BCUT2D eigenvalue weighted by atomic mass is 32.1. The lowest BCUT2D eigenvalue weighted by Gasteiger charge is -2.05. The van der Waals surface area contributed by atoms with E-state index in [-0.39, 0.29) is 5.91 Å². The van der Waals surface area contributed by atoms with Crippen molar-refractivity contribution in [2.75, 3.05) is 0 Å². The molecule has 0 aromatic carbocycles. The minimum atomic E-state index is -0.278. The van der Waals surface area contributed by atoms with E-state index in [0.717, 1.165) is 10.2 Å². The van der Waals surface area contributed by atoms with Gasteiger partial charge in [0.15, 0.2) is 0 Å². The van der Waals surface area contributed by atoms with E-state index < -0.39 is 0 Å². The summed E-state index contributed by atoms with van der Waals surface area (Å²) in [6.07, 6.45) is 1.75. The van der Waals surface area contributed by atoms with Gasteiger partial charge in [-0.05, 0) is 17.5 Å². The van der Waals surface area contributed by atoms with Crippen LogP contribution in [0.3, 0.4) is 0 Å². The van der Waals surface area contributed by atoms with Crippen molar-refractivity contribution in [1.82, 2.24) is 9.99 Å². The molecule has 0 radical (unpaired) electrons. The van der Waals surface area contributed by atoms with Crippen LogP contribution in [-0.2, 0) is 6.54 Å². The maximum absolute atomic E-state index is 11.5. The van der Waals surface area contributed by atoms with Gasteiger partial charge in [-0.2, -0.15) is 0 Å². The molecule has 0 aliphatic carbocycles. The van der Waals surface area contributed by atoms with Crippen LogP contribution in [0, 0.1) is 0 Å². The van der Waals surface area contributed by atoms with E-state index in [1.54, 1.807) is 17.4 Å². The number of carbonyl (C=O) groups excluding carboxylic acids is 1. The summed E-state index contributed by atoms with van der Waals surface area (Å²) in [6.45, 7) is 4.27. The average molecular weight is 221 g/mol. The van der Waals surface area contributed by atoms with Gasteiger partial charge in [0.25, 0.3) is 5.91 Å². The molecular formula is C10H11N3OS. The molecule has 0 spiro atoms. The highest BCUT2D eigenvalue weighted by Crippen LogP contribution is 2.25. The van der Waals surface area contributed by atoms with Gasteiger partial charge in [-0.15, -0.1) is 17.9 Å². The van der Waals surface area contributed by atoms with Gasteiger partial charge in [0.05, 0.1) is 10.2 Å². The van der Waals surface area contributed by atoms with Crippen LogP contribution in [0.1, 0.15) is 10.5 Å². The normalized spacial score (nSPS) is 10.5.